The Labute approximate surface area is 112 Å². The summed E-state index contributed by atoms with van der Waals surface area (Å²) in [6.07, 6.45) is 0. The number of hydrogen-bond donors (Lipinski definition) is 1. The number of benzene rings is 2. The minimum Gasteiger partial charge on any atom is -0.399 e. The zero-order valence-corrected chi connectivity index (χ0v) is 11.0. The van der Waals surface area contributed by atoms with E-state index in [0.29, 0.717) is 0 Å². The predicted molar refractivity (Wildman–Crippen MR) is 79.1 cm³/mol. The summed E-state index contributed by atoms with van der Waals surface area (Å²) in [6, 6.07) is 16.8. The Morgan fingerprint density at radius 2 is 1.94 bits per heavy atom. The maximum Gasteiger partial charge on any atom is 0.0528 e. The van der Waals surface area contributed by atoms with Crippen LogP contribution in [0.15, 0.2) is 53.4 Å². The zero-order valence-electron chi connectivity index (χ0n) is 10.2. The molecule has 0 unspecified atom stereocenters. The maximum absolute atomic E-state index is 5.90. The number of fused-ring (bicyclic) bond motifs is 1. The van der Waals surface area contributed by atoms with Crippen molar-refractivity contribution < 1.29 is 0 Å². The Hall–Kier alpha value is -1.61. The third-order valence-corrected chi connectivity index (χ3v) is 4.20. The van der Waals surface area contributed by atoms with Gasteiger partial charge in [0.2, 0.25) is 0 Å². The van der Waals surface area contributed by atoms with Gasteiger partial charge in [0.05, 0.1) is 5.69 Å². The number of hydrogen-bond acceptors (Lipinski definition) is 3. The van der Waals surface area contributed by atoms with Crippen LogP contribution in [0.2, 0.25) is 0 Å². The van der Waals surface area contributed by atoms with Crippen LogP contribution < -0.4 is 10.6 Å². The summed E-state index contributed by atoms with van der Waals surface area (Å²) in [4.78, 5) is 3.75. The molecule has 0 bridgehead atoms. The third kappa shape index (κ3) is 2.31. The molecule has 1 aliphatic rings. The molecular formula is C15H16N2S. The number of thioether (sulfide) groups is 1. The largest absolute Gasteiger partial charge is 0.399 e. The summed E-state index contributed by atoms with van der Waals surface area (Å²) in [6.45, 7) is 2.04. The molecule has 0 aliphatic carbocycles. The molecule has 18 heavy (non-hydrogen) atoms. The average molecular weight is 256 g/mol. The molecule has 92 valence electrons. The number of nitrogens with zero attached hydrogens (tertiary/aromatic N) is 1. The van der Waals surface area contributed by atoms with Gasteiger partial charge in [-0.15, -0.1) is 11.8 Å². The predicted octanol–water partition coefficient (Wildman–Crippen LogP) is 3.38. The standard InChI is InChI=1S/C15H16N2S/c16-13-6-7-15-14(10-13)17(8-9-18-15)11-12-4-2-1-3-5-12/h1-7,10H,8-9,11,16H2. The van der Waals surface area contributed by atoms with Gasteiger partial charge >= 0.3 is 0 Å². The summed E-state index contributed by atoms with van der Waals surface area (Å²) >= 11 is 1.91. The highest BCUT2D eigenvalue weighted by molar-refractivity contribution is 7.99. The van der Waals surface area contributed by atoms with Crippen LogP contribution in [0.3, 0.4) is 0 Å². The van der Waals surface area contributed by atoms with E-state index < -0.39 is 0 Å². The van der Waals surface area contributed by atoms with Gasteiger partial charge in [0.1, 0.15) is 0 Å². The first-order valence-corrected chi connectivity index (χ1v) is 7.13. The van der Waals surface area contributed by atoms with Crippen molar-refractivity contribution >= 4 is 23.1 Å². The molecule has 0 amide bonds. The van der Waals surface area contributed by atoms with Crippen LogP contribution in [-0.2, 0) is 6.54 Å². The topological polar surface area (TPSA) is 29.3 Å². The van der Waals surface area contributed by atoms with Crippen molar-refractivity contribution in [1.82, 2.24) is 0 Å². The highest BCUT2D eigenvalue weighted by Gasteiger charge is 2.17. The van der Waals surface area contributed by atoms with Crippen molar-refractivity contribution in [2.75, 3.05) is 22.9 Å². The zero-order chi connectivity index (χ0) is 12.4. The minimum absolute atomic E-state index is 0.842. The fourth-order valence-electron chi connectivity index (χ4n) is 2.26. The summed E-state index contributed by atoms with van der Waals surface area (Å²) in [7, 11) is 0. The van der Waals surface area contributed by atoms with E-state index in [0.717, 1.165) is 24.5 Å². The first-order valence-electron chi connectivity index (χ1n) is 6.14. The highest BCUT2D eigenvalue weighted by Crippen LogP contribution is 2.36. The molecule has 2 aromatic carbocycles. The van der Waals surface area contributed by atoms with Crippen molar-refractivity contribution in [3.05, 3.63) is 54.1 Å². The van der Waals surface area contributed by atoms with E-state index in [9.17, 15) is 0 Å². The van der Waals surface area contributed by atoms with Gasteiger partial charge in [-0.3, -0.25) is 0 Å². The summed E-state index contributed by atoms with van der Waals surface area (Å²) in [5.74, 6) is 1.14. The number of anilines is 2. The molecule has 0 atom stereocenters. The van der Waals surface area contributed by atoms with Crippen molar-refractivity contribution in [3.63, 3.8) is 0 Å². The molecule has 1 heterocycles. The van der Waals surface area contributed by atoms with Crippen LogP contribution in [-0.4, -0.2) is 12.3 Å². The lowest BCUT2D eigenvalue weighted by atomic mass is 10.2. The van der Waals surface area contributed by atoms with Gasteiger partial charge < -0.3 is 10.6 Å². The van der Waals surface area contributed by atoms with Crippen LogP contribution in [0.25, 0.3) is 0 Å². The third-order valence-electron chi connectivity index (χ3n) is 3.16. The lowest BCUT2D eigenvalue weighted by molar-refractivity contribution is 0.818. The van der Waals surface area contributed by atoms with E-state index in [1.54, 1.807) is 0 Å². The van der Waals surface area contributed by atoms with Crippen molar-refractivity contribution in [2.45, 2.75) is 11.4 Å². The number of nitrogen functional groups attached to an aromatic ring is 1. The van der Waals surface area contributed by atoms with E-state index in [-0.39, 0.29) is 0 Å². The molecule has 0 saturated carbocycles. The number of rotatable bonds is 2. The fraction of sp³-hybridized carbons (Fsp3) is 0.200. The van der Waals surface area contributed by atoms with Gasteiger partial charge in [-0.1, -0.05) is 30.3 Å². The molecule has 3 heteroatoms. The summed E-state index contributed by atoms with van der Waals surface area (Å²) in [5, 5.41) is 0. The van der Waals surface area contributed by atoms with Crippen molar-refractivity contribution in [2.24, 2.45) is 0 Å². The van der Waals surface area contributed by atoms with Gasteiger partial charge in [0, 0.05) is 29.4 Å². The molecule has 1 aliphatic heterocycles. The summed E-state index contributed by atoms with van der Waals surface area (Å²) < 4.78 is 0. The first kappa shape index (κ1) is 11.5. The Balaban J connectivity index is 1.89. The smallest absolute Gasteiger partial charge is 0.0528 e. The Kier molecular flexibility index (Phi) is 3.15. The van der Waals surface area contributed by atoms with E-state index in [1.165, 1.54) is 16.1 Å². The molecular weight excluding hydrogens is 240 g/mol. The normalized spacial score (nSPS) is 14.3. The molecule has 2 N–H and O–H groups in total. The van der Waals surface area contributed by atoms with Gasteiger partial charge in [-0.25, -0.2) is 0 Å². The molecule has 3 rings (SSSR count). The SMILES string of the molecule is Nc1ccc2c(c1)N(Cc1ccccc1)CCS2. The lowest BCUT2D eigenvalue weighted by Gasteiger charge is -2.31. The van der Waals surface area contributed by atoms with Crippen LogP contribution in [0.1, 0.15) is 5.56 Å². The second kappa shape index (κ2) is 4.94. The van der Waals surface area contributed by atoms with Crippen LogP contribution in [0.5, 0.6) is 0 Å². The molecule has 0 fully saturated rings. The molecule has 2 nitrogen and oxygen atoms in total. The molecule has 0 saturated heterocycles. The second-order valence-corrected chi connectivity index (χ2v) is 5.62. The van der Waals surface area contributed by atoms with Gasteiger partial charge in [0.25, 0.3) is 0 Å². The number of nitrogens with two attached hydrogens (primary N) is 1. The Morgan fingerprint density at radius 1 is 1.11 bits per heavy atom. The van der Waals surface area contributed by atoms with Gasteiger partial charge in [-0.2, -0.15) is 0 Å². The lowest BCUT2D eigenvalue weighted by Crippen LogP contribution is -2.28. The first-order chi connectivity index (χ1) is 8.83. The van der Waals surface area contributed by atoms with E-state index in [4.69, 9.17) is 5.73 Å². The average Bonchev–Trinajstić information content (AvgIpc) is 2.41. The summed E-state index contributed by atoms with van der Waals surface area (Å²) in [5.41, 5.74) is 9.36. The Morgan fingerprint density at radius 3 is 2.78 bits per heavy atom. The van der Waals surface area contributed by atoms with E-state index in [2.05, 4.69) is 47.4 Å². The van der Waals surface area contributed by atoms with Crippen LogP contribution >= 0.6 is 11.8 Å². The Bertz CT molecular complexity index is 539. The molecule has 2 aromatic rings. The quantitative estimate of drug-likeness (QED) is 0.835. The second-order valence-electron chi connectivity index (χ2n) is 4.48. The molecule has 0 spiro atoms. The van der Waals surface area contributed by atoms with Crippen LogP contribution in [0, 0.1) is 0 Å². The van der Waals surface area contributed by atoms with Crippen LogP contribution in [0.4, 0.5) is 11.4 Å². The van der Waals surface area contributed by atoms with E-state index in [1.807, 2.05) is 17.8 Å². The maximum atomic E-state index is 5.90. The van der Waals surface area contributed by atoms with Crippen molar-refractivity contribution in [3.8, 4) is 0 Å². The van der Waals surface area contributed by atoms with E-state index >= 15 is 0 Å². The van der Waals surface area contributed by atoms with Gasteiger partial charge in [-0.05, 0) is 23.8 Å². The monoisotopic (exact) mass is 256 g/mol. The molecule has 0 radical (unpaired) electrons. The minimum atomic E-state index is 0.842. The highest BCUT2D eigenvalue weighted by atomic mass is 32.2. The fourth-order valence-corrected chi connectivity index (χ4v) is 3.29. The molecule has 0 aromatic heterocycles. The van der Waals surface area contributed by atoms with Crippen molar-refractivity contribution in [1.29, 1.82) is 0 Å². The van der Waals surface area contributed by atoms with Gasteiger partial charge in [0.15, 0.2) is 0 Å².